The molecule has 130 valence electrons. The van der Waals surface area contributed by atoms with Crippen molar-refractivity contribution in [1.82, 2.24) is 9.88 Å². The Labute approximate surface area is 154 Å². The summed E-state index contributed by atoms with van der Waals surface area (Å²) in [5, 5.41) is 12.0. The molecule has 2 aromatic carbocycles. The van der Waals surface area contributed by atoms with Crippen molar-refractivity contribution in [3.63, 3.8) is 0 Å². The molecule has 0 aliphatic carbocycles. The minimum atomic E-state index is 0.658. The first-order chi connectivity index (χ1) is 12.8. The van der Waals surface area contributed by atoms with Gasteiger partial charge in [-0.05, 0) is 41.0 Å². The van der Waals surface area contributed by atoms with Gasteiger partial charge in [0.25, 0.3) is 0 Å². The summed E-state index contributed by atoms with van der Waals surface area (Å²) in [7, 11) is 0. The van der Waals surface area contributed by atoms with Gasteiger partial charge in [0, 0.05) is 38.9 Å². The molecule has 1 aliphatic heterocycles. The molecular weight excluding hydrogens is 320 g/mol. The van der Waals surface area contributed by atoms with Crippen LogP contribution in [0.25, 0.3) is 10.8 Å². The largest absolute Gasteiger partial charge is 0.353 e. The molecule has 1 fully saturated rings. The van der Waals surface area contributed by atoms with Crippen molar-refractivity contribution in [3.05, 3.63) is 71.4 Å². The summed E-state index contributed by atoms with van der Waals surface area (Å²) >= 11 is 0. The van der Waals surface area contributed by atoms with Crippen molar-refractivity contribution < 1.29 is 0 Å². The molecule has 1 aliphatic rings. The van der Waals surface area contributed by atoms with Crippen LogP contribution in [0.2, 0.25) is 0 Å². The summed E-state index contributed by atoms with van der Waals surface area (Å²) in [6, 6.07) is 19.0. The number of aromatic nitrogens is 1. The fourth-order valence-electron chi connectivity index (χ4n) is 3.73. The van der Waals surface area contributed by atoms with E-state index in [2.05, 4.69) is 64.2 Å². The average molecular weight is 342 g/mol. The van der Waals surface area contributed by atoms with Crippen LogP contribution >= 0.6 is 0 Å². The van der Waals surface area contributed by atoms with Crippen LogP contribution in [-0.4, -0.2) is 36.1 Å². The summed E-state index contributed by atoms with van der Waals surface area (Å²) in [5.74, 6) is 0.816. The lowest BCUT2D eigenvalue weighted by Crippen LogP contribution is -2.46. The number of fused-ring (bicyclic) bond motifs is 1. The number of aryl methyl sites for hydroxylation is 1. The second-order valence-corrected chi connectivity index (χ2v) is 6.83. The molecule has 0 spiro atoms. The highest BCUT2D eigenvalue weighted by Crippen LogP contribution is 2.25. The van der Waals surface area contributed by atoms with Crippen LogP contribution in [0.15, 0.2) is 54.7 Å². The molecule has 1 saturated heterocycles. The van der Waals surface area contributed by atoms with Gasteiger partial charge < -0.3 is 4.90 Å². The minimum Gasteiger partial charge on any atom is -0.353 e. The molecule has 0 bridgehead atoms. The third-order valence-corrected chi connectivity index (χ3v) is 5.24. The number of anilines is 1. The van der Waals surface area contributed by atoms with Crippen LogP contribution in [0.3, 0.4) is 0 Å². The van der Waals surface area contributed by atoms with Gasteiger partial charge in [-0.15, -0.1) is 0 Å². The van der Waals surface area contributed by atoms with Crippen LogP contribution in [-0.2, 0) is 6.54 Å². The zero-order valence-corrected chi connectivity index (χ0v) is 15.0. The zero-order valence-electron chi connectivity index (χ0n) is 15.0. The molecule has 0 N–H and O–H groups in total. The second kappa shape index (κ2) is 7.15. The number of benzene rings is 2. The molecule has 3 aromatic rings. The van der Waals surface area contributed by atoms with Crippen molar-refractivity contribution in [1.29, 1.82) is 5.26 Å². The Kier molecular flexibility index (Phi) is 4.55. The molecule has 0 saturated carbocycles. The van der Waals surface area contributed by atoms with Crippen molar-refractivity contribution >= 4 is 16.6 Å². The van der Waals surface area contributed by atoms with E-state index in [-0.39, 0.29) is 0 Å². The van der Waals surface area contributed by atoms with Gasteiger partial charge in [0.2, 0.25) is 0 Å². The Bertz CT molecular complexity index is 965. The highest BCUT2D eigenvalue weighted by atomic mass is 15.3. The summed E-state index contributed by atoms with van der Waals surface area (Å²) < 4.78 is 0. The number of nitrogens with zero attached hydrogens (tertiary/aromatic N) is 4. The van der Waals surface area contributed by atoms with Crippen molar-refractivity contribution in [2.24, 2.45) is 0 Å². The summed E-state index contributed by atoms with van der Waals surface area (Å²) in [6.45, 7) is 6.92. The minimum absolute atomic E-state index is 0.658. The topological polar surface area (TPSA) is 43.2 Å². The van der Waals surface area contributed by atoms with E-state index < -0.39 is 0 Å². The highest BCUT2D eigenvalue weighted by Gasteiger charge is 2.21. The second-order valence-electron chi connectivity index (χ2n) is 6.83. The number of pyridine rings is 1. The van der Waals surface area contributed by atoms with E-state index in [1.165, 1.54) is 21.9 Å². The van der Waals surface area contributed by atoms with Crippen LogP contribution in [0.1, 0.15) is 16.7 Å². The first kappa shape index (κ1) is 16.6. The summed E-state index contributed by atoms with van der Waals surface area (Å²) in [6.07, 6.45) is 1.77. The molecule has 4 heteroatoms. The maximum Gasteiger partial charge on any atom is 0.146 e. The highest BCUT2D eigenvalue weighted by molar-refractivity contribution is 5.86. The van der Waals surface area contributed by atoms with E-state index in [9.17, 15) is 5.26 Å². The van der Waals surface area contributed by atoms with E-state index in [1.54, 1.807) is 6.20 Å². The fraction of sp³-hybridized carbons (Fsp3) is 0.273. The third kappa shape index (κ3) is 3.14. The molecule has 4 rings (SSSR count). The van der Waals surface area contributed by atoms with Crippen molar-refractivity contribution in [2.75, 3.05) is 31.1 Å². The molecular formula is C22H22N4. The van der Waals surface area contributed by atoms with Crippen LogP contribution in [0.5, 0.6) is 0 Å². The fourth-order valence-corrected chi connectivity index (χ4v) is 3.73. The lowest BCUT2D eigenvalue weighted by Gasteiger charge is -2.36. The van der Waals surface area contributed by atoms with Crippen LogP contribution in [0, 0.1) is 18.3 Å². The number of hydrogen-bond acceptors (Lipinski definition) is 4. The maximum absolute atomic E-state index is 9.30. The predicted molar refractivity (Wildman–Crippen MR) is 105 cm³/mol. The van der Waals surface area contributed by atoms with E-state index in [0.717, 1.165) is 38.5 Å². The molecule has 1 aromatic heterocycles. The number of hydrogen-bond donors (Lipinski definition) is 0. The van der Waals surface area contributed by atoms with Gasteiger partial charge in [-0.2, -0.15) is 5.26 Å². The van der Waals surface area contributed by atoms with Gasteiger partial charge in [0.05, 0.1) is 5.56 Å². The molecule has 26 heavy (non-hydrogen) atoms. The molecule has 0 radical (unpaired) electrons. The van der Waals surface area contributed by atoms with Crippen LogP contribution in [0.4, 0.5) is 5.82 Å². The molecule has 4 nitrogen and oxygen atoms in total. The lowest BCUT2D eigenvalue weighted by atomic mass is 9.99. The van der Waals surface area contributed by atoms with E-state index >= 15 is 0 Å². The Hall–Kier alpha value is -2.90. The summed E-state index contributed by atoms with van der Waals surface area (Å²) in [5.41, 5.74) is 3.43. The average Bonchev–Trinajstić information content (AvgIpc) is 2.70. The van der Waals surface area contributed by atoms with E-state index in [1.807, 2.05) is 12.1 Å². The first-order valence-electron chi connectivity index (χ1n) is 9.06. The molecule has 2 heterocycles. The first-order valence-corrected chi connectivity index (χ1v) is 9.06. The standard InChI is InChI=1S/C22H22N4/c1-17-8-9-18-5-2-3-7-20(18)21(17)16-25-11-13-26(14-12-25)22-19(15-23)6-4-10-24-22/h2-10H,11-14,16H2,1H3. The van der Waals surface area contributed by atoms with Crippen molar-refractivity contribution in [2.45, 2.75) is 13.5 Å². The lowest BCUT2D eigenvalue weighted by molar-refractivity contribution is 0.249. The third-order valence-electron chi connectivity index (χ3n) is 5.24. The normalized spacial score (nSPS) is 15.2. The van der Waals surface area contributed by atoms with Gasteiger partial charge in [-0.25, -0.2) is 4.98 Å². The van der Waals surface area contributed by atoms with E-state index in [4.69, 9.17) is 0 Å². The number of piperazine rings is 1. The van der Waals surface area contributed by atoms with Gasteiger partial charge in [-0.1, -0.05) is 36.4 Å². The zero-order chi connectivity index (χ0) is 17.9. The van der Waals surface area contributed by atoms with E-state index in [0.29, 0.717) is 5.56 Å². The molecule has 0 unspecified atom stereocenters. The van der Waals surface area contributed by atoms with Gasteiger partial charge in [-0.3, -0.25) is 4.90 Å². The molecule has 0 amide bonds. The van der Waals surface area contributed by atoms with Gasteiger partial charge in [0.1, 0.15) is 11.9 Å². The number of nitriles is 1. The monoisotopic (exact) mass is 342 g/mol. The number of rotatable bonds is 3. The van der Waals surface area contributed by atoms with Crippen molar-refractivity contribution in [3.8, 4) is 6.07 Å². The Balaban J connectivity index is 1.50. The Morgan fingerprint density at radius 3 is 2.62 bits per heavy atom. The smallest absolute Gasteiger partial charge is 0.146 e. The Morgan fingerprint density at radius 1 is 1.00 bits per heavy atom. The quantitative estimate of drug-likeness (QED) is 0.727. The Morgan fingerprint density at radius 2 is 1.81 bits per heavy atom. The maximum atomic E-state index is 9.30. The van der Waals surface area contributed by atoms with Gasteiger partial charge >= 0.3 is 0 Å². The summed E-state index contributed by atoms with van der Waals surface area (Å²) in [4.78, 5) is 9.15. The van der Waals surface area contributed by atoms with Gasteiger partial charge in [0.15, 0.2) is 0 Å². The van der Waals surface area contributed by atoms with Crippen LogP contribution < -0.4 is 4.90 Å². The SMILES string of the molecule is Cc1ccc2ccccc2c1CN1CCN(c2ncccc2C#N)CC1. The predicted octanol–water partition coefficient (Wildman–Crippen LogP) is 3.74. The molecule has 0 atom stereocenters.